The summed E-state index contributed by atoms with van der Waals surface area (Å²) in [6.07, 6.45) is 9.69. The molecule has 1 aromatic carbocycles. The van der Waals surface area contributed by atoms with Gasteiger partial charge in [0.15, 0.2) is 0 Å². The molecule has 1 aliphatic heterocycles. The highest BCUT2D eigenvalue weighted by Gasteiger charge is 2.32. The van der Waals surface area contributed by atoms with Crippen LogP contribution in [0.1, 0.15) is 25.7 Å². The van der Waals surface area contributed by atoms with Crippen LogP contribution in [0, 0.1) is 11.8 Å². The molecule has 1 saturated carbocycles. The Labute approximate surface area is 182 Å². The summed E-state index contributed by atoms with van der Waals surface area (Å²) in [5.74, 6) is 1.30. The lowest BCUT2D eigenvalue weighted by atomic mass is 9.78. The van der Waals surface area contributed by atoms with Gasteiger partial charge in [0, 0.05) is 43.2 Å². The number of pyridine rings is 1. The monoisotopic (exact) mass is 419 g/mol. The van der Waals surface area contributed by atoms with Gasteiger partial charge >= 0.3 is 0 Å². The molecule has 7 nitrogen and oxygen atoms in total. The Morgan fingerprint density at radius 2 is 2.03 bits per heavy atom. The number of aromatic nitrogens is 3. The van der Waals surface area contributed by atoms with E-state index in [0.717, 1.165) is 67.4 Å². The lowest BCUT2D eigenvalue weighted by Gasteiger charge is -2.35. The Bertz CT molecular complexity index is 1060. The Hall–Kier alpha value is -2.77. The lowest BCUT2D eigenvalue weighted by molar-refractivity contribution is -0.121. The molecule has 3 aromatic rings. The molecular weight excluding hydrogens is 390 g/mol. The average molecular weight is 420 g/mol. The molecule has 5 rings (SSSR count). The SMILES string of the molecule is Cn1cncc1-c1ccc2cnc(NC(=O)[C@H]3CC[C@H](C4CNCCO4)CC3)cc2c1. The number of amides is 1. The number of carbonyl (C=O) groups is 1. The Morgan fingerprint density at radius 3 is 2.77 bits per heavy atom. The van der Waals surface area contributed by atoms with E-state index in [1.807, 2.05) is 30.1 Å². The van der Waals surface area contributed by atoms with Crippen molar-refractivity contribution < 1.29 is 9.53 Å². The molecule has 2 aliphatic rings. The fourth-order valence-electron chi connectivity index (χ4n) is 4.87. The zero-order valence-electron chi connectivity index (χ0n) is 17.9. The van der Waals surface area contributed by atoms with E-state index in [2.05, 4.69) is 38.8 Å². The number of nitrogens with one attached hydrogen (secondary N) is 2. The number of aryl methyl sites for hydroxylation is 1. The summed E-state index contributed by atoms with van der Waals surface area (Å²) in [6.45, 7) is 2.67. The average Bonchev–Trinajstić information content (AvgIpc) is 3.25. The fraction of sp³-hybridized carbons (Fsp3) is 0.458. The smallest absolute Gasteiger partial charge is 0.228 e. The van der Waals surface area contributed by atoms with Gasteiger partial charge in [-0.2, -0.15) is 0 Å². The molecule has 2 fully saturated rings. The minimum atomic E-state index is 0.0473. The number of nitrogens with zero attached hydrogens (tertiary/aromatic N) is 3. The summed E-state index contributed by atoms with van der Waals surface area (Å²) in [4.78, 5) is 21.5. The second-order valence-electron chi connectivity index (χ2n) is 8.74. The minimum absolute atomic E-state index is 0.0473. The van der Waals surface area contributed by atoms with Gasteiger partial charge in [0.05, 0.1) is 30.9 Å². The first-order valence-corrected chi connectivity index (χ1v) is 11.2. The van der Waals surface area contributed by atoms with Gasteiger partial charge in [-0.3, -0.25) is 4.79 Å². The third-order valence-electron chi connectivity index (χ3n) is 6.71. The van der Waals surface area contributed by atoms with Crippen molar-refractivity contribution >= 4 is 22.5 Å². The number of anilines is 1. The number of ether oxygens (including phenoxy) is 1. The van der Waals surface area contributed by atoms with Gasteiger partial charge in [0.25, 0.3) is 0 Å². The molecule has 1 saturated heterocycles. The van der Waals surface area contributed by atoms with E-state index in [4.69, 9.17) is 4.74 Å². The van der Waals surface area contributed by atoms with Gasteiger partial charge in [-0.1, -0.05) is 12.1 Å². The van der Waals surface area contributed by atoms with Crippen molar-refractivity contribution in [3.63, 3.8) is 0 Å². The first-order chi connectivity index (χ1) is 15.2. The van der Waals surface area contributed by atoms with Crippen molar-refractivity contribution in [3.8, 4) is 11.3 Å². The maximum atomic E-state index is 12.9. The second-order valence-corrected chi connectivity index (χ2v) is 8.74. The summed E-state index contributed by atoms with van der Waals surface area (Å²) >= 11 is 0. The van der Waals surface area contributed by atoms with Crippen molar-refractivity contribution in [1.82, 2.24) is 19.9 Å². The van der Waals surface area contributed by atoms with Gasteiger partial charge in [-0.25, -0.2) is 9.97 Å². The normalized spacial score (nSPS) is 24.2. The first-order valence-electron chi connectivity index (χ1n) is 11.2. The van der Waals surface area contributed by atoms with Gasteiger partial charge in [-0.05, 0) is 49.1 Å². The van der Waals surface area contributed by atoms with Crippen LogP contribution in [0.2, 0.25) is 0 Å². The standard InChI is InChI=1S/C24H29N5O2/c1-29-15-26-13-21(29)18-6-7-19-12-27-23(11-20(19)10-18)28-24(30)17-4-2-16(3-5-17)22-14-25-8-9-31-22/h6-7,10-13,15-17,22,25H,2-5,8-9,14H2,1H3,(H,27,28,30)/t16-,17-,22?. The van der Waals surface area contributed by atoms with Crippen LogP contribution in [0.15, 0.2) is 43.0 Å². The third-order valence-corrected chi connectivity index (χ3v) is 6.71. The summed E-state index contributed by atoms with van der Waals surface area (Å²) in [5.41, 5.74) is 2.15. The number of fused-ring (bicyclic) bond motifs is 1. The number of hydrogen-bond acceptors (Lipinski definition) is 5. The minimum Gasteiger partial charge on any atom is -0.375 e. The van der Waals surface area contributed by atoms with Crippen molar-refractivity contribution in [3.05, 3.63) is 43.0 Å². The second kappa shape index (κ2) is 8.77. The summed E-state index contributed by atoms with van der Waals surface area (Å²) in [5, 5.41) is 8.56. The van der Waals surface area contributed by atoms with E-state index in [-0.39, 0.29) is 11.8 Å². The maximum Gasteiger partial charge on any atom is 0.228 e. The van der Waals surface area contributed by atoms with Gasteiger partial charge in [0.2, 0.25) is 5.91 Å². The van der Waals surface area contributed by atoms with Crippen molar-refractivity contribution in [2.24, 2.45) is 18.9 Å². The molecule has 1 unspecified atom stereocenters. The van der Waals surface area contributed by atoms with Crippen molar-refractivity contribution in [2.45, 2.75) is 31.8 Å². The fourth-order valence-corrected chi connectivity index (χ4v) is 4.87. The van der Waals surface area contributed by atoms with Crippen LogP contribution < -0.4 is 10.6 Å². The third kappa shape index (κ3) is 4.34. The van der Waals surface area contributed by atoms with Crippen LogP contribution in [-0.4, -0.2) is 46.2 Å². The Morgan fingerprint density at radius 1 is 1.16 bits per heavy atom. The number of carbonyl (C=O) groups excluding carboxylic acids is 1. The largest absolute Gasteiger partial charge is 0.375 e. The molecular formula is C24H29N5O2. The molecule has 3 heterocycles. The summed E-state index contributed by atoms with van der Waals surface area (Å²) < 4.78 is 7.91. The van der Waals surface area contributed by atoms with Crippen molar-refractivity contribution in [2.75, 3.05) is 25.0 Å². The quantitative estimate of drug-likeness (QED) is 0.678. The van der Waals surface area contributed by atoms with E-state index < -0.39 is 0 Å². The molecule has 0 radical (unpaired) electrons. The molecule has 0 spiro atoms. The predicted octanol–water partition coefficient (Wildman–Crippen LogP) is 3.37. The van der Waals surface area contributed by atoms with Crippen LogP contribution in [0.4, 0.5) is 5.82 Å². The zero-order valence-corrected chi connectivity index (χ0v) is 17.9. The van der Waals surface area contributed by atoms with Gasteiger partial charge < -0.3 is 19.9 Å². The van der Waals surface area contributed by atoms with Crippen LogP contribution in [-0.2, 0) is 16.6 Å². The molecule has 31 heavy (non-hydrogen) atoms. The highest BCUT2D eigenvalue weighted by molar-refractivity contribution is 5.95. The number of rotatable bonds is 4. The molecule has 7 heteroatoms. The topological polar surface area (TPSA) is 81.1 Å². The molecule has 0 bridgehead atoms. The number of imidazole rings is 1. The molecule has 2 aromatic heterocycles. The Kier molecular flexibility index (Phi) is 5.70. The van der Waals surface area contributed by atoms with Crippen LogP contribution in [0.3, 0.4) is 0 Å². The van der Waals surface area contributed by atoms with E-state index >= 15 is 0 Å². The van der Waals surface area contributed by atoms with E-state index in [0.29, 0.717) is 17.8 Å². The van der Waals surface area contributed by atoms with Crippen LogP contribution in [0.25, 0.3) is 22.0 Å². The van der Waals surface area contributed by atoms with E-state index in [1.165, 1.54) is 0 Å². The number of hydrogen-bond donors (Lipinski definition) is 2. The number of morpholine rings is 1. The highest BCUT2D eigenvalue weighted by Crippen LogP contribution is 2.33. The van der Waals surface area contributed by atoms with E-state index in [1.54, 1.807) is 6.33 Å². The molecule has 2 N–H and O–H groups in total. The van der Waals surface area contributed by atoms with E-state index in [9.17, 15) is 4.79 Å². The maximum absolute atomic E-state index is 12.9. The molecule has 1 aliphatic carbocycles. The van der Waals surface area contributed by atoms with Crippen LogP contribution >= 0.6 is 0 Å². The number of benzene rings is 1. The molecule has 1 amide bonds. The zero-order chi connectivity index (χ0) is 21.2. The predicted molar refractivity (Wildman–Crippen MR) is 121 cm³/mol. The van der Waals surface area contributed by atoms with Crippen LogP contribution in [0.5, 0.6) is 0 Å². The highest BCUT2D eigenvalue weighted by atomic mass is 16.5. The molecule has 1 atom stereocenters. The van der Waals surface area contributed by atoms with Gasteiger partial charge in [0.1, 0.15) is 5.82 Å². The summed E-state index contributed by atoms with van der Waals surface area (Å²) in [6, 6.07) is 8.20. The Balaban J connectivity index is 1.24. The van der Waals surface area contributed by atoms with Crippen molar-refractivity contribution in [1.29, 1.82) is 0 Å². The molecule has 162 valence electrons. The summed E-state index contributed by atoms with van der Waals surface area (Å²) in [7, 11) is 1.98. The lowest BCUT2D eigenvalue weighted by Crippen LogP contribution is -2.44. The first kappa shape index (κ1) is 20.2. The van der Waals surface area contributed by atoms with Gasteiger partial charge in [-0.15, -0.1) is 0 Å².